The van der Waals surface area contributed by atoms with Gasteiger partial charge in [0.05, 0.1) is 13.2 Å². The molecule has 1 aliphatic carbocycles. The molecule has 21 heavy (non-hydrogen) atoms. The number of nitrogens with zero attached hydrogens (tertiary/aromatic N) is 1. The minimum Gasteiger partial charge on any atom is -0.379 e. The Balaban J connectivity index is 0.00000200. The van der Waals surface area contributed by atoms with Gasteiger partial charge >= 0.3 is 0 Å². The monoisotopic (exact) mass is 341 g/mol. The molecule has 2 rings (SSSR count). The van der Waals surface area contributed by atoms with Crippen molar-refractivity contribution in [3.63, 3.8) is 0 Å². The average molecular weight is 342 g/mol. The Morgan fingerprint density at radius 2 is 2.00 bits per heavy atom. The van der Waals surface area contributed by atoms with Crippen LogP contribution in [-0.2, 0) is 9.53 Å². The van der Waals surface area contributed by atoms with Crippen molar-refractivity contribution < 1.29 is 9.53 Å². The zero-order chi connectivity index (χ0) is 13.7. The van der Waals surface area contributed by atoms with Crippen LogP contribution in [0.3, 0.4) is 0 Å². The molecule has 3 atom stereocenters. The molecule has 0 spiro atoms. The number of rotatable bonds is 5. The highest BCUT2D eigenvalue weighted by molar-refractivity contribution is 5.85. The lowest BCUT2D eigenvalue weighted by atomic mass is 9.95. The van der Waals surface area contributed by atoms with Crippen molar-refractivity contribution >= 4 is 30.7 Å². The van der Waals surface area contributed by atoms with Crippen molar-refractivity contribution in [2.75, 3.05) is 39.4 Å². The molecule has 0 aromatic rings. The van der Waals surface area contributed by atoms with Gasteiger partial charge in [0, 0.05) is 31.6 Å². The van der Waals surface area contributed by atoms with E-state index in [2.05, 4.69) is 17.1 Å². The van der Waals surface area contributed by atoms with Crippen LogP contribution in [0.15, 0.2) is 0 Å². The highest BCUT2D eigenvalue weighted by Crippen LogP contribution is 2.31. The number of amides is 1. The molecule has 1 unspecified atom stereocenters. The SMILES string of the molecule is CC(CN1CCOCC1)NC(=O)[C@@H]1CCC[C@@H]1CN.Cl.Cl. The number of carbonyl (C=O) groups excluding carboxylic acids is 1. The topological polar surface area (TPSA) is 67.6 Å². The first kappa shape index (κ1) is 20.9. The van der Waals surface area contributed by atoms with Gasteiger partial charge in [-0.3, -0.25) is 9.69 Å². The minimum absolute atomic E-state index is 0. The first-order valence-electron chi connectivity index (χ1n) is 7.51. The summed E-state index contributed by atoms with van der Waals surface area (Å²) in [4.78, 5) is 14.6. The number of nitrogens with two attached hydrogens (primary N) is 1. The Bertz CT molecular complexity index is 302. The number of carbonyl (C=O) groups is 1. The lowest BCUT2D eigenvalue weighted by molar-refractivity contribution is -0.126. The predicted octanol–water partition coefficient (Wildman–Crippen LogP) is 1.04. The van der Waals surface area contributed by atoms with E-state index in [0.29, 0.717) is 12.5 Å². The molecule has 1 aliphatic heterocycles. The van der Waals surface area contributed by atoms with E-state index >= 15 is 0 Å². The van der Waals surface area contributed by atoms with E-state index in [0.717, 1.165) is 52.1 Å². The third-order valence-electron chi connectivity index (χ3n) is 4.32. The average Bonchev–Trinajstić information content (AvgIpc) is 2.88. The van der Waals surface area contributed by atoms with Gasteiger partial charge in [-0.05, 0) is 32.2 Å². The highest BCUT2D eigenvalue weighted by atomic mass is 35.5. The van der Waals surface area contributed by atoms with Gasteiger partial charge in [-0.1, -0.05) is 6.42 Å². The van der Waals surface area contributed by atoms with Crippen molar-refractivity contribution in [2.45, 2.75) is 32.2 Å². The molecular formula is C14H29Cl2N3O2. The van der Waals surface area contributed by atoms with Crippen LogP contribution in [0.1, 0.15) is 26.2 Å². The third-order valence-corrected chi connectivity index (χ3v) is 4.32. The molecule has 0 aromatic carbocycles. The largest absolute Gasteiger partial charge is 0.379 e. The number of hydrogen-bond donors (Lipinski definition) is 2. The number of morpholine rings is 1. The lowest BCUT2D eigenvalue weighted by Gasteiger charge is -2.30. The number of ether oxygens (including phenoxy) is 1. The van der Waals surface area contributed by atoms with Crippen LogP contribution in [0.25, 0.3) is 0 Å². The lowest BCUT2D eigenvalue weighted by Crippen LogP contribution is -2.48. The summed E-state index contributed by atoms with van der Waals surface area (Å²) in [7, 11) is 0. The Morgan fingerprint density at radius 1 is 1.33 bits per heavy atom. The predicted molar refractivity (Wildman–Crippen MR) is 89.2 cm³/mol. The van der Waals surface area contributed by atoms with Gasteiger partial charge in [-0.15, -0.1) is 24.8 Å². The van der Waals surface area contributed by atoms with E-state index in [1.165, 1.54) is 0 Å². The molecule has 3 N–H and O–H groups in total. The van der Waals surface area contributed by atoms with Crippen LogP contribution in [0.4, 0.5) is 0 Å². The standard InChI is InChI=1S/C14H27N3O2.2ClH/c1-11(10-17-5-7-19-8-6-17)16-14(18)13-4-2-3-12(13)9-15;;/h11-13H,2-10,15H2,1H3,(H,16,18);2*1H/t11?,12-,13-;;/m1../s1. The van der Waals surface area contributed by atoms with Crippen LogP contribution in [0, 0.1) is 11.8 Å². The Kier molecular flexibility index (Phi) is 10.6. The first-order chi connectivity index (χ1) is 9.20. The van der Waals surface area contributed by atoms with Crippen LogP contribution < -0.4 is 11.1 Å². The molecule has 0 radical (unpaired) electrons. The molecule has 1 saturated carbocycles. The fourth-order valence-electron chi connectivity index (χ4n) is 3.23. The van der Waals surface area contributed by atoms with E-state index < -0.39 is 0 Å². The van der Waals surface area contributed by atoms with Gasteiger partial charge in [0.25, 0.3) is 0 Å². The molecular weight excluding hydrogens is 313 g/mol. The van der Waals surface area contributed by atoms with E-state index in [4.69, 9.17) is 10.5 Å². The maximum atomic E-state index is 12.3. The van der Waals surface area contributed by atoms with Crippen LogP contribution in [-0.4, -0.2) is 56.2 Å². The van der Waals surface area contributed by atoms with Crippen molar-refractivity contribution in [3.05, 3.63) is 0 Å². The number of hydrogen-bond acceptors (Lipinski definition) is 4. The molecule has 1 heterocycles. The fourth-order valence-corrected chi connectivity index (χ4v) is 3.23. The first-order valence-corrected chi connectivity index (χ1v) is 7.51. The molecule has 126 valence electrons. The van der Waals surface area contributed by atoms with Crippen molar-refractivity contribution in [2.24, 2.45) is 17.6 Å². The van der Waals surface area contributed by atoms with Crippen LogP contribution >= 0.6 is 24.8 Å². The Labute approximate surface area is 140 Å². The summed E-state index contributed by atoms with van der Waals surface area (Å²) in [6.07, 6.45) is 3.24. The van der Waals surface area contributed by atoms with Gasteiger partial charge < -0.3 is 15.8 Å². The summed E-state index contributed by atoms with van der Waals surface area (Å²) < 4.78 is 5.33. The molecule has 1 amide bonds. The summed E-state index contributed by atoms with van der Waals surface area (Å²) in [5.41, 5.74) is 5.74. The molecule has 0 aromatic heterocycles. The fraction of sp³-hybridized carbons (Fsp3) is 0.929. The maximum Gasteiger partial charge on any atom is 0.223 e. The second-order valence-corrected chi connectivity index (χ2v) is 5.86. The number of nitrogens with one attached hydrogen (secondary N) is 1. The summed E-state index contributed by atoms with van der Waals surface area (Å²) in [5.74, 6) is 0.724. The second-order valence-electron chi connectivity index (χ2n) is 5.86. The second kappa shape index (κ2) is 10.6. The summed E-state index contributed by atoms with van der Waals surface area (Å²) >= 11 is 0. The summed E-state index contributed by atoms with van der Waals surface area (Å²) in [6, 6.07) is 0.199. The van der Waals surface area contributed by atoms with Gasteiger partial charge in [0.1, 0.15) is 0 Å². The van der Waals surface area contributed by atoms with E-state index in [9.17, 15) is 4.79 Å². The van der Waals surface area contributed by atoms with Crippen molar-refractivity contribution in [3.8, 4) is 0 Å². The van der Waals surface area contributed by atoms with Gasteiger partial charge in [0.15, 0.2) is 0 Å². The van der Waals surface area contributed by atoms with Crippen LogP contribution in [0.2, 0.25) is 0 Å². The van der Waals surface area contributed by atoms with Gasteiger partial charge in [-0.2, -0.15) is 0 Å². The Morgan fingerprint density at radius 3 is 2.62 bits per heavy atom. The van der Waals surface area contributed by atoms with Crippen molar-refractivity contribution in [1.82, 2.24) is 10.2 Å². The van der Waals surface area contributed by atoms with Gasteiger partial charge in [-0.25, -0.2) is 0 Å². The highest BCUT2D eigenvalue weighted by Gasteiger charge is 2.32. The van der Waals surface area contributed by atoms with E-state index in [1.807, 2.05) is 0 Å². The van der Waals surface area contributed by atoms with Gasteiger partial charge in [0.2, 0.25) is 5.91 Å². The minimum atomic E-state index is 0. The molecule has 7 heteroatoms. The third kappa shape index (κ3) is 6.28. The summed E-state index contributed by atoms with van der Waals surface area (Å²) in [6.45, 7) is 7.17. The maximum absolute atomic E-state index is 12.3. The smallest absolute Gasteiger partial charge is 0.223 e. The van der Waals surface area contributed by atoms with Crippen molar-refractivity contribution in [1.29, 1.82) is 0 Å². The number of halogens is 2. The molecule has 5 nitrogen and oxygen atoms in total. The normalized spacial score (nSPS) is 27.3. The molecule has 1 saturated heterocycles. The molecule has 2 aliphatic rings. The zero-order valence-corrected chi connectivity index (χ0v) is 14.4. The molecule has 0 bridgehead atoms. The molecule has 2 fully saturated rings. The van der Waals surface area contributed by atoms with E-state index in [1.54, 1.807) is 0 Å². The Hall–Kier alpha value is -0.0700. The van der Waals surface area contributed by atoms with E-state index in [-0.39, 0.29) is 42.7 Å². The summed E-state index contributed by atoms with van der Waals surface area (Å²) in [5, 5.41) is 3.16. The zero-order valence-electron chi connectivity index (χ0n) is 12.8. The van der Waals surface area contributed by atoms with Crippen LogP contribution in [0.5, 0.6) is 0 Å². The quantitative estimate of drug-likeness (QED) is 0.784.